The Morgan fingerprint density at radius 2 is 1.71 bits per heavy atom. The first-order valence-electron chi connectivity index (χ1n) is 15.9. The number of hydrogen-bond donors (Lipinski definition) is 4. The summed E-state index contributed by atoms with van der Waals surface area (Å²) < 4.78 is 0. The second kappa shape index (κ2) is 11.1. The van der Waals surface area contributed by atoms with E-state index >= 15 is 0 Å². The van der Waals surface area contributed by atoms with Gasteiger partial charge < -0.3 is 20.6 Å². The van der Waals surface area contributed by atoms with Crippen LogP contribution in [0.2, 0.25) is 0 Å². The van der Waals surface area contributed by atoms with Gasteiger partial charge in [0.15, 0.2) is 0 Å². The van der Waals surface area contributed by atoms with Gasteiger partial charge >= 0.3 is 0 Å². The first kappa shape index (κ1) is 28.4. The number of phenolic OH excluding ortho intramolecular Hbond substituents is 1. The van der Waals surface area contributed by atoms with Crippen molar-refractivity contribution in [1.82, 2.24) is 5.32 Å². The van der Waals surface area contributed by atoms with Gasteiger partial charge in [-0.05, 0) is 103 Å². The van der Waals surface area contributed by atoms with Crippen LogP contribution in [-0.2, 0) is 6.54 Å². The standard InChI is InChI=1S/C34H55NO3/c1-21(2)9-8-10-22(3)26-15-16-27-25-14-13-24-19-30(37)31(38)32(35-20-23-11-6-7-12-29(23)36)34(24,5)28(25)17-18-33(26,27)4/h6-7,11-12,21-22,24-28,30-32,35-38H,8-10,13-20H2,1-5H3/t22?,24?,25?,26-,27?,28?,30-,31-,32+,33-,34+/m1/s1. The van der Waals surface area contributed by atoms with Crippen LogP contribution in [0.25, 0.3) is 0 Å². The van der Waals surface area contributed by atoms with Crippen LogP contribution in [0.3, 0.4) is 0 Å². The van der Waals surface area contributed by atoms with E-state index < -0.39 is 12.2 Å². The third-order valence-corrected chi connectivity index (χ3v) is 12.6. The van der Waals surface area contributed by atoms with E-state index in [1.54, 1.807) is 6.07 Å². The molecule has 0 bridgehead atoms. The molecule has 0 amide bonds. The second-order valence-electron chi connectivity index (χ2n) is 14.8. The number of aliphatic hydroxyl groups excluding tert-OH is 2. The highest BCUT2D eigenvalue weighted by Crippen LogP contribution is 2.68. The summed E-state index contributed by atoms with van der Waals surface area (Å²) in [7, 11) is 0. The summed E-state index contributed by atoms with van der Waals surface area (Å²) in [5.74, 6) is 5.28. The van der Waals surface area contributed by atoms with E-state index in [-0.39, 0.29) is 11.5 Å². The Hall–Kier alpha value is -1.10. The highest BCUT2D eigenvalue weighted by Gasteiger charge is 2.64. The number of aromatic hydroxyl groups is 1. The Bertz CT molecular complexity index is 949. The van der Waals surface area contributed by atoms with Gasteiger partial charge in [0, 0.05) is 18.2 Å². The molecule has 0 radical (unpaired) electrons. The topological polar surface area (TPSA) is 72.7 Å². The van der Waals surface area contributed by atoms with Gasteiger partial charge in [-0.15, -0.1) is 0 Å². The van der Waals surface area contributed by atoms with Crippen molar-refractivity contribution >= 4 is 0 Å². The molecule has 5 unspecified atom stereocenters. The molecule has 1 aromatic rings. The number of para-hydroxylation sites is 1. The minimum atomic E-state index is -0.772. The predicted octanol–water partition coefficient (Wildman–Crippen LogP) is 6.91. The molecule has 5 rings (SSSR count). The van der Waals surface area contributed by atoms with Crippen molar-refractivity contribution in [2.24, 2.45) is 52.3 Å². The maximum absolute atomic E-state index is 11.4. The molecule has 4 fully saturated rings. The van der Waals surface area contributed by atoms with Crippen LogP contribution in [0, 0.1) is 52.3 Å². The quantitative estimate of drug-likeness (QED) is 0.297. The lowest BCUT2D eigenvalue weighted by Crippen LogP contribution is -2.67. The molecule has 214 valence electrons. The van der Waals surface area contributed by atoms with Crippen LogP contribution in [0.5, 0.6) is 5.75 Å². The molecule has 0 aliphatic heterocycles. The van der Waals surface area contributed by atoms with Crippen LogP contribution in [0.15, 0.2) is 24.3 Å². The smallest absolute Gasteiger partial charge is 0.120 e. The zero-order chi connectivity index (χ0) is 27.2. The zero-order valence-electron chi connectivity index (χ0n) is 24.7. The lowest BCUT2D eigenvalue weighted by molar-refractivity contribution is -0.180. The number of benzene rings is 1. The van der Waals surface area contributed by atoms with Crippen molar-refractivity contribution in [3.05, 3.63) is 29.8 Å². The summed E-state index contributed by atoms with van der Waals surface area (Å²) in [6.45, 7) is 12.8. The Balaban J connectivity index is 1.36. The third-order valence-electron chi connectivity index (χ3n) is 12.6. The molecular weight excluding hydrogens is 470 g/mol. The van der Waals surface area contributed by atoms with E-state index in [2.05, 4.69) is 39.9 Å². The molecule has 0 spiro atoms. The Labute approximate surface area is 232 Å². The summed E-state index contributed by atoms with van der Waals surface area (Å²) in [5, 5.41) is 36.3. The minimum absolute atomic E-state index is 0.0474. The Morgan fingerprint density at radius 3 is 2.45 bits per heavy atom. The SMILES string of the molecule is CC(C)CCCC(C)[C@H]1CCC2C3CCC4C[C@@H](O)[C@@H](O)[C@H](NCc5ccccc5O)[C@]4(C)C3CC[C@@]21C. The molecule has 4 heteroatoms. The van der Waals surface area contributed by atoms with Crippen molar-refractivity contribution in [3.63, 3.8) is 0 Å². The second-order valence-corrected chi connectivity index (χ2v) is 14.8. The maximum atomic E-state index is 11.4. The zero-order valence-corrected chi connectivity index (χ0v) is 24.7. The first-order valence-corrected chi connectivity index (χ1v) is 15.9. The van der Waals surface area contributed by atoms with E-state index in [4.69, 9.17) is 0 Å². The summed E-state index contributed by atoms with van der Waals surface area (Å²) in [6.07, 6.45) is 11.1. The molecule has 4 nitrogen and oxygen atoms in total. The molecule has 1 aromatic carbocycles. The Morgan fingerprint density at radius 1 is 0.947 bits per heavy atom. The largest absolute Gasteiger partial charge is 0.508 e. The van der Waals surface area contributed by atoms with Gasteiger partial charge in [0.25, 0.3) is 0 Å². The highest BCUT2D eigenvalue weighted by atomic mass is 16.3. The number of phenols is 1. The summed E-state index contributed by atoms with van der Waals surface area (Å²) >= 11 is 0. The first-order chi connectivity index (χ1) is 18.1. The van der Waals surface area contributed by atoms with E-state index in [1.165, 1.54) is 51.4 Å². The number of hydrogen-bond acceptors (Lipinski definition) is 4. The van der Waals surface area contributed by atoms with Crippen LogP contribution >= 0.6 is 0 Å². The summed E-state index contributed by atoms with van der Waals surface area (Å²) in [4.78, 5) is 0. The fourth-order valence-corrected chi connectivity index (χ4v) is 10.6. The van der Waals surface area contributed by atoms with Gasteiger partial charge in [-0.3, -0.25) is 0 Å². The molecule has 11 atom stereocenters. The Kier molecular flexibility index (Phi) is 8.27. The van der Waals surface area contributed by atoms with Crippen LogP contribution in [0.1, 0.15) is 104 Å². The van der Waals surface area contributed by atoms with E-state index in [1.807, 2.05) is 18.2 Å². The molecule has 0 aromatic heterocycles. The molecule has 4 aliphatic carbocycles. The number of fused-ring (bicyclic) bond motifs is 5. The molecule has 38 heavy (non-hydrogen) atoms. The van der Waals surface area contributed by atoms with E-state index in [9.17, 15) is 15.3 Å². The molecule has 4 N–H and O–H groups in total. The molecule has 0 heterocycles. The fourth-order valence-electron chi connectivity index (χ4n) is 10.6. The average molecular weight is 526 g/mol. The molecule has 0 saturated heterocycles. The van der Waals surface area contributed by atoms with Crippen molar-refractivity contribution in [2.75, 3.05) is 0 Å². The third kappa shape index (κ3) is 4.85. The van der Waals surface area contributed by atoms with Gasteiger partial charge in [0.2, 0.25) is 0 Å². The van der Waals surface area contributed by atoms with E-state index in [0.717, 1.165) is 41.6 Å². The van der Waals surface area contributed by atoms with Gasteiger partial charge in [-0.2, -0.15) is 0 Å². The van der Waals surface area contributed by atoms with Crippen LogP contribution < -0.4 is 5.32 Å². The number of rotatable bonds is 8. The van der Waals surface area contributed by atoms with Crippen molar-refractivity contribution in [2.45, 2.75) is 124 Å². The van der Waals surface area contributed by atoms with E-state index in [0.29, 0.717) is 36.0 Å². The fraction of sp³-hybridized carbons (Fsp3) is 0.824. The summed E-state index contributed by atoms with van der Waals surface area (Å²) in [5.41, 5.74) is 1.26. The number of aliphatic hydroxyl groups is 2. The van der Waals surface area contributed by atoms with Crippen molar-refractivity contribution in [1.29, 1.82) is 0 Å². The lowest BCUT2D eigenvalue weighted by Gasteiger charge is -2.64. The van der Waals surface area contributed by atoms with Crippen molar-refractivity contribution < 1.29 is 15.3 Å². The molecular formula is C34H55NO3. The number of nitrogens with one attached hydrogen (secondary N) is 1. The molecule has 4 saturated carbocycles. The molecule has 4 aliphatic rings. The maximum Gasteiger partial charge on any atom is 0.120 e. The average Bonchev–Trinajstić information content (AvgIpc) is 3.23. The predicted molar refractivity (Wildman–Crippen MR) is 155 cm³/mol. The monoisotopic (exact) mass is 525 g/mol. The van der Waals surface area contributed by atoms with Gasteiger partial charge in [0.1, 0.15) is 5.75 Å². The van der Waals surface area contributed by atoms with Gasteiger partial charge in [-0.25, -0.2) is 0 Å². The minimum Gasteiger partial charge on any atom is -0.508 e. The summed E-state index contributed by atoms with van der Waals surface area (Å²) in [6, 6.07) is 7.31. The van der Waals surface area contributed by atoms with Crippen LogP contribution in [-0.4, -0.2) is 33.6 Å². The van der Waals surface area contributed by atoms with Gasteiger partial charge in [-0.1, -0.05) is 72.1 Å². The van der Waals surface area contributed by atoms with Gasteiger partial charge in [0.05, 0.1) is 12.2 Å². The normalized spacial score (nSPS) is 43.4. The van der Waals surface area contributed by atoms with Crippen LogP contribution in [0.4, 0.5) is 0 Å². The highest BCUT2D eigenvalue weighted by molar-refractivity contribution is 5.31. The lowest BCUT2D eigenvalue weighted by atomic mass is 9.43. The van der Waals surface area contributed by atoms with Crippen molar-refractivity contribution in [3.8, 4) is 5.75 Å².